The van der Waals surface area contributed by atoms with E-state index >= 15 is 0 Å². The lowest BCUT2D eigenvalue weighted by molar-refractivity contribution is 0.645. The molecule has 0 bridgehead atoms. The lowest BCUT2D eigenvalue weighted by Gasteiger charge is -2.11. The van der Waals surface area contributed by atoms with Crippen molar-refractivity contribution in [3.8, 4) is 0 Å². The summed E-state index contributed by atoms with van der Waals surface area (Å²) < 4.78 is 2.23. The lowest BCUT2D eigenvalue weighted by Crippen LogP contribution is -2.10. The van der Waals surface area contributed by atoms with Gasteiger partial charge in [-0.05, 0) is 36.1 Å². The molecule has 1 aromatic carbocycles. The molecule has 2 N–H and O–H groups in total. The van der Waals surface area contributed by atoms with Crippen molar-refractivity contribution < 1.29 is 0 Å². The van der Waals surface area contributed by atoms with Crippen molar-refractivity contribution in [2.24, 2.45) is 11.7 Å². The van der Waals surface area contributed by atoms with Gasteiger partial charge in [-0.3, -0.25) is 0 Å². The first-order valence-electron chi connectivity index (χ1n) is 6.09. The van der Waals surface area contributed by atoms with E-state index < -0.39 is 0 Å². The second-order valence-electron chi connectivity index (χ2n) is 4.90. The van der Waals surface area contributed by atoms with E-state index in [0.717, 1.165) is 18.0 Å². The minimum absolute atomic E-state index is 0.623. The molecule has 0 aliphatic heterocycles. The van der Waals surface area contributed by atoms with Crippen LogP contribution in [0.1, 0.15) is 19.4 Å². The van der Waals surface area contributed by atoms with Crippen LogP contribution in [0.15, 0.2) is 24.4 Å². The van der Waals surface area contributed by atoms with Crippen LogP contribution in [0.3, 0.4) is 0 Å². The maximum absolute atomic E-state index is 6.16. The molecule has 2 nitrogen and oxygen atoms in total. The van der Waals surface area contributed by atoms with Crippen LogP contribution in [0, 0.1) is 5.92 Å². The third kappa shape index (κ3) is 2.64. The zero-order valence-electron chi connectivity index (χ0n) is 10.4. The van der Waals surface area contributed by atoms with Gasteiger partial charge in [-0.2, -0.15) is 0 Å². The minimum Gasteiger partial charge on any atom is -0.346 e. The van der Waals surface area contributed by atoms with Gasteiger partial charge in [0.25, 0.3) is 0 Å². The minimum atomic E-state index is 0.623. The second kappa shape index (κ2) is 5.11. The van der Waals surface area contributed by atoms with E-state index in [2.05, 4.69) is 36.7 Å². The van der Waals surface area contributed by atoms with Gasteiger partial charge in [0.1, 0.15) is 0 Å². The van der Waals surface area contributed by atoms with Crippen molar-refractivity contribution in [2.45, 2.75) is 26.8 Å². The number of aromatic nitrogens is 1. The molecular weight excluding hydrogens is 232 g/mol. The van der Waals surface area contributed by atoms with Crippen LogP contribution in [-0.4, -0.2) is 11.1 Å². The molecule has 0 spiro atoms. The standard InChI is InChI=1S/C14H19ClN2/c1-10(2)7-12-9-13(15)8-11-3-5-17(6-4-16)14(11)12/h3,5,8-10H,4,6-7,16H2,1-2H3. The van der Waals surface area contributed by atoms with Gasteiger partial charge in [-0.1, -0.05) is 25.4 Å². The smallest absolute Gasteiger partial charge is 0.0514 e. The molecule has 0 radical (unpaired) electrons. The molecule has 0 atom stereocenters. The summed E-state index contributed by atoms with van der Waals surface area (Å²) in [6.45, 7) is 5.97. The van der Waals surface area contributed by atoms with Crippen LogP contribution >= 0.6 is 11.6 Å². The Kier molecular flexibility index (Phi) is 3.75. The quantitative estimate of drug-likeness (QED) is 0.885. The Hall–Kier alpha value is -0.990. The number of benzene rings is 1. The van der Waals surface area contributed by atoms with Crippen LogP contribution in [0.25, 0.3) is 10.9 Å². The maximum Gasteiger partial charge on any atom is 0.0514 e. The average molecular weight is 251 g/mol. The maximum atomic E-state index is 6.16. The number of rotatable bonds is 4. The second-order valence-corrected chi connectivity index (χ2v) is 5.33. The zero-order chi connectivity index (χ0) is 12.4. The molecule has 3 heteroatoms. The highest BCUT2D eigenvalue weighted by Gasteiger charge is 2.09. The van der Waals surface area contributed by atoms with Crippen molar-refractivity contribution >= 4 is 22.5 Å². The van der Waals surface area contributed by atoms with Gasteiger partial charge in [0.2, 0.25) is 0 Å². The largest absolute Gasteiger partial charge is 0.346 e. The highest BCUT2D eigenvalue weighted by molar-refractivity contribution is 6.31. The third-order valence-electron chi connectivity index (χ3n) is 2.90. The molecule has 0 saturated heterocycles. The van der Waals surface area contributed by atoms with Crippen LogP contribution in [0.2, 0.25) is 5.02 Å². The molecule has 0 aliphatic rings. The first-order valence-corrected chi connectivity index (χ1v) is 6.47. The fourth-order valence-corrected chi connectivity index (χ4v) is 2.57. The molecule has 17 heavy (non-hydrogen) atoms. The van der Waals surface area contributed by atoms with Crippen LogP contribution < -0.4 is 5.73 Å². The molecule has 2 aromatic rings. The molecule has 0 aliphatic carbocycles. The number of nitrogens with two attached hydrogens (primary N) is 1. The molecule has 2 rings (SSSR count). The normalized spacial score (nSPS) is 11.6. The van der Waals surface area contributed by atoms with Gasteiger partial charge in [0.05, 0.1) is 5.52 Å². The van der Waals surface area contributed by atoms with Crippen LogP contribution in [0.4, 0.5) is 0 Å². The predicted octanol–water partition coefficient (Wildman–Crippen LogP) is 3.45. The molecule has 0 amide bonds. The molecule has 0 unspecified atom stereocenters. The first-order chi connectivity index (χ1) is 8.11. The molecule has 0 fully saturated rings. The van der Waals surface area contributed by atoms with E-state index in [-0.39, 0.29) is 0 Å². The fraction of sp³-hybridized carbons (Fsp3) is 0.429. The topological polar surface area (TPSA) is 30.9 Å². The summed E-state index contributed by atoms with van der Waals surface area (Å²) in [6, 6.07) is 6.21. The number of hydrogen-bond acceptors (Lipinski definition) is 1. The summed E-state index contributed by atoms with van der Waals surface area (Å²) in [5.41, 5.74) is 8.25. The number of nitrogens with zero attached hydrogens (tertiary/aromatic N) is 1. The number of hydrogen-bond donors (Lipinski definition) is 1. The number of halogens is 1. The highest BCUT2D eigenvalue weighted by Crippen LogP contribution is 2.27. The van der Waals surface area contributed by atoms with E-state index in [1.54, 1.807) is 0 Å². The molecule has 1 heterocycles. The summed E-state index contributed by atoms with van der Waals surface area (Å²) >= 11 is 6.16. The Labute approximate surface area is 107 Å². The Morgan fingerprint density at radius 2 is 2.12 bits per heavy atom. The van der Waals surface area contributed by atoms with Gasteiger partial charge < -0.3 is 10.3 Å². The van der Waals surface area contributed by atoms with Crippen molar-refractivity contribution in [1.82, 2.24) is 4.57 Å². The fourth-order valence-electron chi connectivity index (χ4n) is 2.32. The Morgan fingerprint density at radius 1 is 1.35 bits per heavy atom. The van der Waals surface area contributed by atoms with Crippen molar-refractivity contribution in [1.29, 1.82) is 0 Å². The molecule has 0 saturated carbocycles. The SMILES string of the molecule is CC(C)Cc1cc(Cl)cc2ccn(CCN)c12. The van der Waals surface area contributed by atoms with Gasteiger partial charge >= 0.3 is 0 Å². The van der Waals surface area contributed by atoms with Gasteiger partial charge in [0.15, 0.2) is 0 Å². The van der Waals surface area contributed by atoms with E-state index in [1.807, 2.05) is 6.07 Å². The highest BCUT2D eigenvalue weighted by atomic mass is 35.5. The summed E-state index contributed by atoms with van der Waals surface area (Å²) in [6.07, 6.45) is 3.14. The van der Waals surface area contributed by atoms with Crippen molar-refractivity contribution in [3.63, 3.8) is 0 Å². The van der Waals surface area contributed by atoms with E-state index in [1.165, 1.54) is 16.5 Å². The monoisotopic (exact) mass is 250 g/mol. The van der Waals surface area contributed by atoms with E-state index in [0.29, 0.717) is 12.5 Å². The van der Waals surface area contributed by atoms with Crippen LogP contribution in [-0.2, 0) is 13.0 Å². The molecular formula is C14H19ClN2. The third-order valence-corrected chi connectivity index (χ3v) is 3.12. The summed E-state index contributed by atoms with van der Waals surface area (Å²) in [5.74, 6) is 0.623. The van der Waals surface area contributed by atoms with Crippen LogP contribution in [0.5, 0.6) is 0 Å². The zero-order valence-corrected chi connectivity index (χ0v) is 11.2. The predicted molar refractivity (Wildman–Crippen MR) is 74.5 cm³/mol. The summed E-state index contributed by atoms with van der Waals surface area (Å²) in [5, 5.41) is 2.03. The Balaban J connectivity index is 2.56. The Bertz CT molecular complexity index is 514. The lowest BCUT2D eigenvalue weighted by atomic mass is 10.0. The first kappa shape index (κ1) is 12.5. The number of fused-ring (bicyclic) bond motifs is 1. The van der Waals surface area contributed by atoms with Crippen molar-refractivity contribution in [3.05, 3.63) is 35.0 Å². The molecule has 1 aromatic heterocycles. The van der Waals surface area contributed by atoms with Gasteiger partial charge in [0, 0.05) is 29.7 Å². The average Bonchev–Trinajstić information content (AvgIpc) is 2.61. The van der Waals surface area contributed by atoms with Gasteiger partial charge in [-0.15, -0.1) is 0 Å². The summed E-state index contributed by atoms with van der Waals surface area (Å²) in [4.78, 5) is 0. The Morgan fingerprint density at radius 3 is 2.76 bits per heavy atom. The molecule has 92 valence electrons. The van der Waals surface area contributed by atoms with E-state index in [9.17, 15) is 0 Å². The van der Waals surface area contributed by atoms with Crippen molar-refractivity contribution in [2.75, 3.05) is 6.54 Å². The van der Waals surface area contributed by atoms with E-state index in [4.69, 9.17) is 17.3 Å². The van der Waals surface area contributed by atoms with Gasteiger partial charge in [-0.25, -0.2) is 0 Å². The summed E-state index contributed by atoms with van der Waals surface area (Å²) in [7, 11) is 0.